The number of hydrogen-bond acceptors (Lipinski definition) is 3. The topological polar surface area (TPSA) is 111 Å². The Morgan fingerprint density at radius 2 is 1.79 bits per heavy atom. The van der Waals surface area contributed by atoms with Crippen LogP contribution >= 0.6 is 0 Å². The number of H-pyrrole nitrogens is 1. The summed E-state index contributed by atoms with van der Waals surface area (Å²) in [5, 5.41) is 13.8. The Balaban J connectivity index is 1.83. The maximum absolute atomic E-state index is 13.3. The average molecular weight is 451 g/mol. The summed E-state index contributed by atoms with van der Waals surface area (Å²) in [6, 6.07) is 14.8. The van der Waals surface area contributed by atoms with E-state index in [9.17, 15) is 19.5 Å². The molecule has 174 valence electrons. The first-order chi connectivity index (χ1) is 16.3. The molecule has 0 radical (unpaired) electrons. The van der Waals surface area contributed by atoms with Gasteiger partial charge in [-0.05, 0) is 29.5 Å². The molecule has 0 aliphatic rings. The molecular weight excluding hydrogens is 418 g/mol. The van der Waals surface area contributed by atoms with Gasteiger partial charge < -0.3 is 20.7 Å². The van der Waals surface area contributed by atoms with Gasteiger partial charge in [0.05, 0.1) is 0 Å². The predicted octanol–water partition coefficient (Wildman–Crippen LogP) is 3.44. The van der Waals surface area contributed by atoms with Crippen LogP contribution in [0.4, 0.5) is 0 Å². The van der Waals surface area contributed by atoms with Crippen LogP contribution in [0.15, 0.2) is 60.8 Å². The van der Waals surface area contributed by atoms with E-state index in [0.717, 1.165) is 22.0 Å². The number of carboxylic acids is 1. The molecule has 2 amide bonds. The molecule has 2 aromatic carbocycles. The molecule has 0 aliphatic carbocycles. The lowest BCUT2D eigenvalue weighted by Gasteiger charge is -2.24. The Labute approximate surface area is 195 Å². The molecule has 3 rings (SSSR count). The van der Waals surface area contributed by atoms with E-state index >= 15 is 0 Å². The lowest BCUT2D eigenvalue weighted by Crippen LogP contribution is -2.54. The second-order valence-corrected chi connectivity index (χ2v) is 8.30. The van der Waals surface area contributed by atoms with Gasteiger partial charge in [0.25, 0.3) is 0 Å². The van der Waals surface area contributed by atoms with E-state index in [2.05, 4.69) is 10.3 Å². The summed E-state index contributed by atoms with van der Waals surface area (Å²) in [7, 11) is 0. The Bertz CT molecular complexity index is 1130. The van der Waals surface area contributed by atoms with Crippen LogP contribution in [0.5, 0.6) is 0 Å². The molecule has 0 aliphatic heterocycles. The number of carboxylic acid groups (broad SMARTS) is 1. The summed E-state index contributed by atoms with van der Waals surface area (Å²) in [5.74, 6) is -2.59. The van der Waals surface area contributed by atoms with E-state index in [1.165, 1.54) is 0 Å². The number of aliphatic carboxylic acids is 1. The van der Waals surface area contributed by atoms with Crippen molar-refractivity contribution in [1.29, 1.82) is 0 Å². The zero-order valence-electron chi connectivity index (χ0n) is 20.0. The van der Waals surface area contributed by atoms with Gasteiger partial charge in [0.2, 0.25) is 11.8 Å². The van der Waals surface area contributed by atoms with Crippen LogP contribution in [0, 0.1) is 5.92 Å². The number of aromatic nitrogens is 1. The van der Waals surface area contributed by atoms with Crippen molar-refractivity contribution >= 4 is 28.7 Å². The molecule has 0 bridgehead atoms. The van der Waals surface area contributed by atoms with Crippen molar-refractivity contribution in [3.8, 4) is 0 Å². The minimum atomic E-state index is -1.17. The van der Waals surface area contributed by atoms with E-state index in [-0.39, 0.29) is 18.8 Å². The van der Waals surface area contributed by atoms with Gasteiger partial charge in [0.15, 0.2) is 1.41 Å². The van der Waals surface area contributed by atoms with E-state index < -0.39 is 29.9 Å². The van der Waals surface area contributed by atoms with Crippen molar-refractivity contribution in [3.63, 3.8) is 0 Å². The third-order valence-electron chi connectivity index (χ3n) is 5.94. The van der Waals surface area contributed by atoms with Crippen molar-refractivity contribution in [3.05, 3.63) is 71.9 Å². The Kier molecular flexibility index (Phi) is 7.74. The lowest BCUT2D eigenvalue weighted by molar-refractivity contribution is -0.143. The van der Waals surface area contributed by atoms with Crippen LogP contribution in [0.2, 0.25) is 1.41 Å². The summed E-state index contributed by atoms with van der Waals surface area (Å²) in [5.41, 5.74) is 2.62. The number of aromatic amines is 1. The number of hydrogen-bond donors (Lipinski definition) is 4. The molecule has 0 unspecified atom stereocenters. The fraction of sp³-hybridized carbons (Fsp3) is 0.346. The Morgan fingerprint density at radius 1 is 1.09 bits per heavy atom. The van der Waals surface area contributed by atoms with Gasteiger partial charge in [-0.25, -0.2) is 4.79 Å². The highest BCUT2D eigenvalue weighted by Gasteiger charge is 2.30. The van der Waals surface area contributed by atoms with E-state index in [1.54, 1.807) is 13.1 Å². The maximum Gasteiger partial charge on any atom is 0.326 e. The fourth-order valence-electron chi connectivity index (χ4n) is 3.77. The van der Waals surface area contributed by atoms with Crippen molar-refractivity contribution < 1.29 is 20.9 Å². The lowest BCUT2D eigenvalue weighted by atomic mass is 9.98. The molecule has 4 N–H and O–H groups in total. The quantitative estimate of drug-likeness (QED) is 0.359. The van der Waals surface area contributed by atoms with Crippen LogP contribution in [0.25, 0.3) is 10.9 Å². The Morgan fingerprint density at radius 3 is 2.48 bits per heavy atom. The predicted molar refractivity (Wildman–Crippen MR) is 128 cm³/mol. The molecule has 0 saturated heterocycles. The molecule has 33 heavy (non-hydrogen) atoms. The van der Waals surface area contributed by atoms with Gasteiger partial charge in [0.1, 0.15) is 12.1 Å². The number of rotatable bonds is 11. The first kappa shape index (κ1) is 22.6. The smallest absolute Gasteiger partial charge is 0.326 e. The summed E-state index contributed by atoms with van der Waals surface area (Å²) in [4.78, 5) is 41.1. The van der Waals surface area contributed by atoms with Crippen LogP contribution in [-0.4, -0.2) is 40.0 Å². The van der Waals surface area contributed by atoms with E-state index in [4.69, 9.17) is 1.41 Å². The van der Waals surface area contributed by atoms with E-state index in [1.807, 2.05) is 61.5 Å². The number of aryl methyl sites for hydroxylation is 1. The van der Waals surface area contributed by atoms with Gasteiger partial charge in [-0.2, -0.15) is 0 Å². The number of amides is 2. The van der Waals surface area contributed by atoms with Crippen LogP contribution in [-0.2, 0) is 27.2 Å². The highest BCUT2D eigenvalue weighted by atomic mass is 16.4. The second kappa shape index (κ2) is 11.3. The van der Waals surface area contributed by atoms with Gasteiger partial charge in [-0.1, -0.05) is 68.8 Å². The highest BCUT2D eigenvalue weighted by molar-refractivity contribution is 5.92. The first-order valence-corrected chi connectivity index (χ1v) is 11.2. The molecular formula is C26H31N3O4. The van der Waals surface area contributed by atoms with Crippen molar-refractivity contribution in [2.45, 2.75) is 51.6 Å². The van der Waals surface area contributed by atoms with Crippen LogP contribution in [0.3, 0.4) is 0 Å². The number of nitrogens with one attached hydrogen (secondary N) is 3. The molecule has 0 saturated carbocycles. The summed E-state index contributed by atoms with van der Waals surface area (Å²) >= 11 is 0. The van der Waals surface area contributed by atoms with Crippen molar-refractivity contribution in [2.24, 2.45) is 5.92 Å². The second-order valence-electron chi connectivity index (χ2n) is 8.30. The number of carbonyl (C=O) groups is 3. The summed E-state index contributed by atoms with van der Waals surface area (Å²) in [6.45, 7) is 3.59. The molecule has 7 nitrogen and oxygen atoms in total. The first-order valence-electron chi connectivity index (χ1n) is 11.7. The highest BCUT2D eigenvalue weighted by Crippen LogP contribution is 2.19. The molecule has 0 spiro atoms. The fourth-order valence-corrected chi connectivity index (χ4v) is 3.77. The SMILES string of the molecule is [2H]N(C(=O)CCc1ccccc1)[C@@H](Cc1c[nH]c2ccccc12)C(=O)N[C@H](C(=O)O)[C@@H](C)CC. The Hall–Kier alpha value is -3.61. The summed E-state index contributed by atoms with van der Waals surface area (Å²) in [6.07, 6.45) is 2.92. The minimum absolute atomic E-state index is 0.0684. The minimum Gasteiger partial charge on any atom is -0.480 e. The number of carbonyl (C=O) groups excluding carboxylic acids is 2. The number of para-hydroxylation sites is 1. The molecule has 0 fully saturated rings. The van der Waals surface area contributed by atoms with Gasteiger partial charge in [-0.3, -0.25) is 9.59 Å². The largest absolute Gasteiger partial charge is 0.480 e. The average Bonchev–Trinajstić information content (AvgIpc) is 3.26. The van der Waals surface area contributed by atoms with Crippen molar-refractivity contribution in [2.75, 3.05) is 0 Å². The molecule has 1 heterocycles. The van der Waals surface area contributed by atoms with Gasteiger partial charge in [0, 0.05) is 29.9 Å². The van der Waals surface area contributed by atoms with Gasteiger partial charge >= 0.3 is 5.97 Å². The van der Waals surface area contributed by atoms with Crippen LogP contribution in [0.1, 0.15) is 37.8 Å². The standard InChI is InChI=1S/C26H31N3O4/c1-3-17(2)24(26(32)33)29-25(31)22(15-19-16-27-21-12-8-7-11-20(19)21)28-23(30)14-13-18-9-5-4-6-10-18/h4-12,16-17,22,24,27H,3,13-15H2,1-2H3,(H,28,30)(H,29,31)(H,32,33)/t17-,22-,24-/m0/s1/i/hD. The maximum atomic E-state index is 13.3. The van der Waals surface area contributed by atoms with E-state index in [0.29, 0.717) is 18.2 Å². The third-order valence-corrected chi connectivity index (χ3v) is 5.94. The molecule has 3 aromatic rings. The normalized spacial score (nSPS) is 14.2. The molecule has 3 atom stereocenters. The molecule has 1 aromatic heterocycles. The van der Waals surface area contributed by atoms with Crippen molar-refractivity contribution in [1.82, 2.24) is 15.6 Å². The molecule has 7 heteroatoms. The zero-order chi connectivity index (χ0) is 24.7. The number of fused-ring (bicyclic) bond motifs is 1. The summed E-state index contributed by atoms with van der Waals surface area (Å²) < 4.78 is 8.51. The van der Waals surface area contributed by atoms with Gasteiger partial charge in [-0.15, -0.1) is 0 Å². The number of benzene rings is 2. The van der Waals surface area contributed by atoms with Crippen LogP contribution < -0.4 is 10.6 Å². The zero-order valence-corrected chi connectivity index (χ0v) is 19.0. The monoisotopic (exact) mass is 450 g/mol. The third kappa shape index (κ3) is 6.44.